The van der Waals surface area contributed by atoms with E-state index < -0.39 is 10.0 Å². The topological polar surface area (TPSA) is 82.3 Å². The Morgan fingerprint density at radius 1 is 1.28 bits per heavy atom. The maximum Gasteiger partial charge on any atom is 0.243 e. The number of nitrogens with zero attached hydrogens (tertiary/aromatic N) is 1. The zero-order chi connectivity index (χ0) is 13.4. The summed E-state index contributed by atoms with van der Waals surface area (Å²) in [6.45, 7) is 2.62. The summed E-state index contributed by atoms with van der Waals surface area (Å²) in [5.74, 6) is 0.0930. The van der Waals surface area contributed by atoms with Gasteiger partial charge in [-0.25, -0.2) is 18.5 Å². The SMILES string of the molecule is CCCCCCCOc1ncccc1S(N)(=O)=O. The average molecular weight is 272 g/mol. The molecule has 1 aromatic rings. The van der Waals surface area contributed by atoms with E-state index in [1.165, 1.54) is 37.6 Å². The van der Waals surface area contributed by atoms with Crippen LogP contribution >= 0.6 is 0 Å². The largest absolute Gasteiger partial charge is 0.477 e. The molecule has 0 bridgehead atoms. The highest BCUT2D eigenvalue weighted by Gasteiger charge is 2.15. The van der Waals surface area contributed by atoms with Crippen molar-refractivity contribution in [1.82, 2.24) is 4.98 Å². The second-order valence-electron chi connectivity index (χ2n) is 4.11. The number of hydrogen-bond donors (Lipinski definition) is 1. The minimum Gasteiger partial charge on any atom is -0.477 e. The van der Waals surface area contributed by atoms with Gasteiger partial charge in [-0.05, 0) is 18.6 Å². The molecule has 0 saturated heterocycles. The molecule has 102 valence electrons. The van der Waals surface area contributed by atoms with Gasteiger partial charge < -0.3 is 4.74 Å². The van der Waals surface area contributed by atoms with Gasteiger partial charge in [0.1, 0.15) is 4.90 Å². The van der Waals surface area contributed by atoms with Crippen LogP contribution in [0.4, 0.5) is 0 Å². The molecule has 0 amide bonds. The summed E-state index contributed by atoms with van der Waals surface area (Å²) < 4.78 is 27.9. The lowest BCUT2D eigenvalue weighted by molar-refractivity contribution is 0.285. The number of ether oxygens (including phenoxy) is 1. The van der Waals surface area contributed by atoms with Gasteiger partial charge in [-0.3, -0.25) is 0 Å². The van der Waals surface area contributed by atoms with Crippen molar-refractivity contribution in [1.29, 1.82) is 0 Å². The minimum absolute atomic E-state index is 0.0569. The van der Waals surface area contributed by atoms with E-state index in [0.717, 1.165) is 12.8 Å². The summed E-state index contributed by atoms with van der Waals surface area (Å²) in [7, 11) is -3.77. The highest BCUT2D eigenvalue weighted by molar-refractivity contribution is 7.89. The molecule has 0 aliphatic rings. The van der Waals surface area contributed by atoms with Gasteiger partial charge in [0.05, 0.1) is 6.61 Å². The van der Waals surface area contributed by atoms with Crippen molar-refractivity contribution < 1.29 is 13.2 Å². The smallest absolute Gasteiger partial charge is 0.243 e. The summed E-state index contributed by atoms with van der Waals surface area (Å²) in [5, 5.41) is 5.08. The van der Waals surface area contributed by atoms with Gasteiger partial charge in [0.2, 0.25) is 15.9 Å². The maximum atomic E-state index is 11.3. The predicted octanol–water partition coefficient (Wildman–Crippen LogP) is 2.08. The van der Waals surface area contributed by atoms with Crippen molar-refractivity contribution in [3.8, 4) is 5.88 Å². The Balaban J connectivity index is 2.48. The van der Waals surface area contributed by atoms with Gasteiger partial charge in [-0.1, -0.05) is 32.6 Å². The summed E-state index contributed by atoms with van der Waals surface area (Å²) >= 11 is 0. The quantitative estimate of drug-likeness (QED) is 0.734. The molecular weight excluding hydrogens is 252 g/mol. The monoisotopic (exact) mass is 272 g/mol. The normalized spacial score (nSPS) is 11.4. The van der Waals surface area contributed by atoms with Crippen LogP contribution in [0, 0.1) is 0 Å². The van der Waals surface area contributed by atoms with E-state index in [4.69, 9.17) is 9.88 Å². The van der Waals surface area contributed by atoms with Crippen LogP contribution in [0.5, 0.6) is 5.88 Å². The van der Waals surface area contributed by atoms with Gasteiger partial charge in [-0.2, -0.15) is 0 Å². The molecule has 0 saturated carbocycles. The van der Waals surface area contributed by atoms with Crippen LogP contribution in [-0.4, -0.2) is 20.0 Å². The molecule has 0 aromatic carbocycles. The maximum absolute atomic E-state index is 11.3. The van der Waals surface area contributed by atoms with Crippen LogP contribution in [0.3, 0.4) is 0 Å². The Hall–Kier alpha value is -1.14. The molecule has 0 spiro atoms. The van der Waals surface area contributed by atoms with Gasteiger partial charge in [0.15, 0.2) is 0 Å². The number of primary sulfonamides is 1. The average Bonchev–Trinajstić information content (AvgIpc) is 2.33. The van der Waals surface area contributed by atoms with Gasteiger partial charge in [0.25, 0.3) is 0 Å². The Morgan fingerprint density at radius 2 is 2.00 bits per heavy atom. The van der Waals surface area contributed by atoms with E-state index in [0.29, 0.717) is 6.61 Å². The minimum atomic E-state index is -3.77. The highest BCUT2D eigenvalue weighted by Crippen LogP contribution is 2.19. The number of unbranched alkanes of at least 4 members (excludes halogenated alkanes) is 4. The molecule has 1 aromatic heterocycles. The van der Waals surface area contributed by atoms with Crippen molar-refractivity contribution in [2.75, 3.05) is 6.61 Å². The van der Waals surface area contributed by atoms with Crippen molar-refractivity contribution in [2.24, 2.45) is 5.14 Å². The van der Waals surface area contributed by atoms with E-state index in [1.807, 2.05) is 0 Å². The van der Waals surface area contributed by atoms with Crippen LogP contribution in [0.2, 0.25) is 0 Å². The molecule has 0 atom stereocenters. The van der Waals surface area contributed by atoms with Gasteiger partial charge >= 0.3 is 0 Å². The van der Waals surface area contributed by atoms with E-state index in [-0.39, 0.29) is 10.8 Å². The Kier molecular flexibility index (Phi) is 6.07. The summed E-state index contributed by atoms with van der Waals surface area (Å²) in [6.07, 6.45) is 7.03. The number of sulfonamides is 1. The molecule has 0 aliphatic carbocycles. The predicted molar refractivity (Wildman–Crippen MR) is 69.9 cm³/mol. The first-order valence-corrected chi connectivity index (χ1v) is 7.71. The molecule has 1 heterocycles. The highest BCUT2D eigenvalue weighted by atomic mass is 32.2. The van der Waals surface area contributed by atoms with Crippen molar-refractivity contribution in [2.45, 2.75) is 43.9 Å². The summed E-state index contributed by atoms with van der Waals surface area (Å²) in [4.78, 5) is 3.84. The fraction of sp³-hybridized carbons (Fsp3) is 0.583. The van der Waals surface area contributed by atoms with Crippen LogP contribution in [0.25, 0.3) is 0 Å². The number of nitrogens with two attached hydrogens (primary N) is 1. The Morgan fingerprint density at radius 3 is 2.67 bits per heavy atom. The number of pyridine rings is 1. The molecule has 0 unspecified atom stereocenters. The first kappa shape index (κ1) is 14.9. The second-order valence-corrected chi connectivity index (χ2v) is 5.64. The van der Waals surface area contributed by atoms with Crippen LogP contribution in [-0.2, 0) is 10.0 Å². The third-order valence-corrected chi connectivity index (χ3v) is 3.45. The number of aromatic nitrogens is 1. The molecule has 5 nitrogen and oxygen atoms in total. The lowest BCUT2D eigenvalue weighted by atomic mass is 10.2. The molecule has 6 heteroatoms. The Bertz CT molecular complexity index is 460. The van der Waals surface area contributed by atoms with E-state index in [2.05, 4.69) is 11.9 Å². The fourth-order valence-electron chi connectivity index (χ4n) is 1.58. The van der Waals surface area contributed by atoms with Crippen molar-refractivity contribution in [3.05, 3.63) is 18.3 Å². The van der Waals surface area contributed by atoms with Gasteiger partial charge in [-0.15, -0.1) is 0 Å². The standard InChI is InChI=1S/C12H20N2O3S/c1-2-3-4-5-6-10-17-12-11(18(13,15)16)8-7-9-14-12/h7-9H,2-6,10H2,1H3,(H2,13,15,16). The Labute approximate surface area is 108 Å². The zero-order valence-corrected chi connectivity index (χ0v) is 11.4. The first-order valence-electron chi connectivity index (χ1n) is 6.16. The lowest BCUT2D eigenvalue weighted by Gasteiger charge is -2.08. The molecule has 0 aliphatic heterocycles. The fourth-order valence-corrected chi connectivity index (χ4v) is 2.20. The lowest BCUT2D eigenvalue weighted by Crippen LogP contribution is -2.14. The van der Waals surface area contributed by atoms with E-state index >= 15 is 0 Å². The van der Waals surface area contributed by atoms with Crippen LogP contribution < -0.4 is 9.88 Å². The van der Waals surface area contributed by atoms with Gasteiger partial charge in [0, 0.05) is 6.20 Å². The third kappa shape index (κ3) is 5.01. The molecule has 1 rings (SSSR count). The summed E-state index contributed by atoms with van der Waals surface area (Å²) in [6, 6.07) is 2.92. The number of rotatable bonds is 8. The third-order valence-electron chi connectivity index (χ3n) is 2.53. The molecule has 0 radical (unpaired) electrons. The van der Waals surface area contributed by atoms with Crippen molar-refractivity contribution >= 4 is 10.0 Å². The second kappa shape index (κ2) is 7.33. The van der Waals surface area contributed by atoms with Crippen LogP contribution in [0.15, 0.2) is 23.2 Å². The summed E-state index contributed by atoms with van der Waals surface area (Å²) in [5.41, 5.74) is 0. The first-order chi connectivity index (χ1) is 8.55. The molecule has 2 N–H and O–H groups in total. The van der Waals surface area contributed by atoms with E-state index in [9.17, 15) is 8.42 Å². The van der Waals surface area contributed by atoms with Crippen molar-refractivity contribution in [3.63, 3.8) is 0 Å². The number of hydrogen-bond acceptors (Lipinski definition) is 4. The molecule has 0 fully saturated rings. The van der Waals surface area contributed by atoms with E-state index in [1.54, 1.807) is 0 Å². The van der Waals surface area contributed by atoms with Crippen LogP contribution in [0.1, 0.15) is 39.0 Å². The molecule has 18 heavy (non-hydrogen) atoms. The molecular formula is C12H20N2O3S. The zero-order valence-electron chi connectivity index (χ0n) is 10.6.